The van der Waals surface area contributed by atoms with Crippen LogP contribution in [0.2, 0.25) is 0 Å². The zero-order valence-corrected chi connectivity index (χ0v) is 14.0. The van der Waals surface area contributed by atoms with Crippen molar-refractivity contribution in [3.8, 4) is 50.9 Å². The van der Waals surface area contributed by atoms with E-state index in [1.165, 1.54) is 30.3 Å². The summed E-state index contributed by atoms with van der Waals surface area (Å²) in [6.45, 7) is 0. The van der Waals surface area contributed by atoms with Crippen LogP contribution in [-0.2, 0) is 0 Å². The average Bonchev–Trinajstić information content (AvgIpc) is 3.16. The van der Waals surface area contributed by atoms with Gasteiger partial charge in [-0.15, -0.1) is 0 Å². The number of aromatic nitrogens is 2. The van der Waals surface area contributed by atoms with Crippen LogP contribution < -0.4 is 0 Å². The SMILES string of the molecule is Oc1ccc(-c2ccc(-c3cc(-c4cc(F)ccc4O)[nH]n3)cc2)cc1O. The highest BCUT2D eigenvalue weighted by molar-refractivity contribution is 5.74. The molecule has 4 rings (SSSR count). The number of nitrogens with zero attached hydrogens (tertiary/aromatic N) is 1. The molecule has 0 aliphatic rings. The average molecular weight is 362 g/mol. The summed E-state index contributed by atoms with van der Waals surface area (Å²) in [7, 11) is 0. The van der Waals surface area contributed by atoms with Crippen molar-refractivity contribution in [3.05, 3.63) is 72.5 Å². The number of phenolic OH excluding ortho intramolecular Hbond substituents is 3. The van der Waals surface area contributed by atoms with Crippen LogP contribution in [0.5, 0.6) is 17.2 Å². The van der Waals surface area contributed by atoms with Gasteiger partial charge in [-0.3, -0.25) is 5.10 Å². The van der Waals surface area contributed by atoms with Gasteiger partial charge in [0.05, 0.1) is 11.4 Å². The summed E-state index contributed by atoms with van der Waals surface area (Å²) in [6.07, 6.45) is 0. The highest BCUT2D eigenvalue weighted by atomic mass is 19.1. The van der Waals surface area contributed by atoms with E-state index in [1.807, 2.05) is 24.3 Å². The molecule has 0 aliphatic carbocycles. The molecule has 3 aromatic carbocycles. The Kier molecular flexibility index (Phi) is 4.01. The first-order valence-corrected chi connectivity index (χ1v) is 8.18. The third-order valence-corrected chi connectivity index (χ3v) is 4.32. The first kappa shape index (κ1) is 16.7. The molecule has 0 saturated heterocycles. The fourth-order valence-electron chi connectivity index (χ4n) is 2.87. The fraction of sp³-hybridized carbons (Fsp3) is 0. The quantitative estimate of drug-likeness (QED) is 0.399. The minimum absolute atomic E-state index is 0.0333. The van der Waals surface area contributed by atoms with E-state index >= 15 is 0 Å². The topological polar surface area (TPSA) is 89.4 Å². The molecular formula is C21H15FN2O3. The van der Waals surface area contributed by atoms with Crippen LogP contribution >= 0.6 is 0 Å². The monoisotopic (exact) mass is 362 g/mol. The summed E-state index contributed by atoms with van der Waals surface area (Å²) in [4.78, 5) is 0. The van der Waals surface area contributed by atoms with E-state index in [9.17, 15) is 19.7 Å². The van der Waals surface area contributed by atoms with Crippen molar-refractivity contribution in [1.82, 2.24) is 10.2 Å². The largest absolute Gasteiger partial charge is 0.507 e. The molecule has 1 aromatic heterocycles. The lowest BCUT2D eigenvalue weighted by Crippen LogP contribution is -1.81. The number of rotatable bonds is 3. The molecule has 134 valence electrons. The minimum atomic E-state index is -0.444. The molecule has 0 saturated carbocycles. The number of benzene rings is 3. The lowest BCUT2D eigenvalue weighted by molar-refractivity contribution is 0.404. The Morgan fingerprint density at radius 3 is 2.07 bits per heavy atom. The van der Waals surface area contributed by atoms with E-state index in [-0.39, 0.29) is 17.2 Å². The van der Waals surface area contributed by atoms with E-state index in [1.54, 1.807) is 12.1 Å². The molecule has 6 heteroatoms. The number of hydrogen-bond donors (Lipinski definition) is 4. The van der Waals surface area contributed by atoms with Crippen molar-refractivity contribution in [2.75, 3.05) is 0 Å². The molecule has 4 aromatic rings. The van der Waals surface area contributed by atoms with E-state index < -0.39 is 5.82 Å². The van der Waals surface area contributed by atoms with Crippen molar-refractivity contribution in [2.24, 2.45) is 0 Å². The minimum Gasteiger partial charge on any atom is -0.507 e. The Labute approximate surface area is 154 Å². The standard InChI is InChI=1S/C21H15FN2O3/c22-15-6-8-19(25)16(10-15)18-11-17(23-24-18)13-3-1-12(2-4-13)14-5-7-20(26)21(27)9-14/h1-11,25-27H,(H,23,24). The summed E-state index contributed by atoms with van der Waals surface area (Å²) in [5.74, 6) is -0.821. The highest BCUT2D eigenvalue weighted by Gasteiger charge is 2.11. The first-order valence-electron chi connectivity index (χ1n) is 8.18. The van der Waals surface area contributed by atoms with Gasteiger partial charge in [0.15, 0.2) is 11.5 Å². The number of hydrogen-bond acceptors (Lipinski definition) is 4. The van der Waals surface area contributed by atoms with Gasteiger partial charge in [-0.2, -0.15) is 5.10 Å². The molecule has 0 spiro atoms. The molecule has 4 N–H and O–H groups in total. The zero-order chi connectivity index (χ0) is 19.0. The predicted molar refractivity (Wildman–Crippen MR) is 99.8 cm³/mol. The second-order valence-electron chi connectivity index (χ2n) is 6.11. The molecule has 1 heterocycles. The summed E-state index contributed by atoms with van der Waals surface area (Å²) in [5, 5.41) is 36.0. The number of aromatic amines is 1. The van der Waals surface area contributed by atoms with Gasteiger partial charge in [0, 0.05) is 11.1 Å². The fourth-order valence-corrected chi connectivity index (χ4v) is 2.87. The highest BCUT2D eigenvalue weighted by Crippen LogP contribution is 2.33. The van der Waals surface area contributed by atoms with E-state index in [2.05, 4.69) is 10.2 Å². The number of nitrogens with one attached hydrogen (secondary N) is 1. The summed E-state index contributed by atoms with van der Waals surface area (Å²) < 4.78 is 13.4. The first-order chi connectivity index (χ1) is 13.0. The van der Waals surface area contributed by atoms with E-state index in [4.69, 9.17) is 0 Å². The van der Waals surface area contributed by atoms with Crippen molar-refractivity contribution >= 4 is 0 Å². The maximum atomic E-state index is 13.4. The van der Waals surface area contributed by atoms with Gasteiger partial charge in [-0.1, -0.05) is 30.3 Å². The third kappa shape index (κ3) is 3.20. The number of aromatic hydroxyl groups is 3. The smallest absolute Gasteiger partial charge is 0.158 e. The second-order valence-corrected chi connectivity index (χ2v) is 6.11. The van der Waals surface area contributed by atoms with E-state index in [0.717, 1.165) is 16.7 Å². The van der Waals surface area contributed by atoms with Crippen LogP contribution in [0.15, 0.2) is 66.7 Å². The molecular weight excluding hydrogens is 347 g/mol. The zero-order valence-electron chi connectivity index (χ0n) is 14.0. The van der Waals surface area contributed by atoms with Crippen molar-refractivity contribution in [2.45, 2.75) is 0 Å². The van der Waals surface area contributed by atoms with Crippen LogP contribution in [0.1, 0.15) is 0 Å². The van der Waals surface area contributed by atoms with Crippen LogP contribution in [0.4, 0.5) is 4.39 Å². The number of halogens is 1. The predicted octanol–water partition coefficient (Wildman–Crippen LogP) is 4.67. The Bertz CT molecular complexity index is 1120. The molecule has 0 unspecified atom stereocenters. The molecule has 0 bridgehead atoms. The van der Waals surface area contributed by atoms with Crippen molar-refractivity contribution in [1.29, 1.82) is 0 Å². The van der Waals surface area contributed by atoms with Gasteiger partial charge in [-0.25, -0.2) is 4.39 Å². The van der Waals surface area contributed by atoms with Gasteiger partial charge in [0.25, 0.3) is 0 Å². The molecule has 0 aliphatic heterocycles. The van der Waals surface area contributed by atoms with E-state index in [0.29, 0.717) is 17.0 Å². The molecule has 0 amide bonds. The van der Waals surface area contributed by atoms with Gasteiger partial charge in [-0.05, 0) is 47.5 Å². The summed E-state index contributed by atoms with van der Waals surface area (Å²) >= 11 is 0. The molecule has 0 fully saturated rings. The maximum Gasteiger partial charge on any atom is 0.158 e. The Morgan fingerprint density at radius 1 is 0.667 bits per heavy atom. The Balaban J connectivity index is 1.64. The van der Waals surface area contributed by atoms with Crippen molar-refractivity contribution in [3.63, 3.8) is 0 Å². The number of phenols is 3. The van der Waals surface area contributed by atoms with Crippen LogP contribution in [0.25, 0.3) is 33.6 Å². The molecule has 27 heavy (non-hydrogen) atoms. The van der Waals surface area contributed by atoms with Crippen LogP contribution in [-0.4, -0.2) is 25.5 Å². The summed E-state index contributed by atoms with van der Waals surface area (Å²) in [6, 6.07) is 17.6. The normalized spacial score (nSPS) is 10.9. The second kappa shape index (κ2) is 6.49. The van der Waals surface area contributed by atoms with Crippen molar-refractivity contribution < 1.29 is 19.7 Å². The number of H-pyrrole nitrogens is 1. The van der Waals surface area contributed by atoms with Gasteiger partial charge in [0.2, 0.25) is 0 Å². The van der Waals surface area contributed by atoms with Gasteiger partial charge in [0.1, 0.15) is 11.6 Å². The summed E-state index contributed by atoms with van der Waals surface area (Å²) in [5.41, 5.74) is 3.96. The lowest BCUT2D eigenvalue weighted by atomic mass is 10.0. The molecule has 0 radical (unpaired) electrons. The Hall–Kier alpha value is -3.80. The van der Waals surface area contributed by atoms with Crippen LogP contribution in [0.3, 0.4) is 0 Å². The van der Waals surface area contributed by atoms with Gasteiger partial charge < -0.3 is 15.3 Å². The maximum absolute atomic E-state index is 13.4. The van der Waals surface area contributed by atoms with Gasteiger partial charge >= 0.3 is 0 Å². The van der Waals surface area contributed by atoms with Crippen LogP contribution in [0, 0.1) is 5.82 Å². The lowest BCUT2D eigenvalue weighted by Gasteiger charge is -2.05. The molecule has 0 atom stereocenters. The molecule has 5 nitrogen and oxygen atoms in total. The third-order valence-electron chi connectivity index (χ3n) is 4.32. The Morgan fingerprint density at radius 2 is 1.33 bits per heavy atom.